The minimum absolute atomic E-state index is 0.190. The molecule has 1 atom stereocenters. The molecule has 0 radical (unpaired) electrons. The van der Waals surface area contributed by atoms with Crippen LogP contribution in [-0.4, -0.2) is 25.5 Å². The zero-order valence-corrected chi connectivity index (χ0v) is 13.3. The summed E-state index contributed by atoms with van der Waals surface area (Å²) in [5.74, 6) is 0.463. The highest BCUT2D eigenvalue weighted by atomic mass is 32.2. The van der Waals surface area contributed by atoms with Gasteiger partial charge in [0.15, 0.2) is 0 Å². The second kappa shape index (κ2) is 7.23. The van der Waals surface area contributed by atoms with Crippen molar-refractivity contribution in [3.8, 4) is 6.07 Å². The second-order valence-electron chi connectivity index (χ2n) is 5.46. The van der Waals surface area contributed by atoms with Gasteiger partial charge in [-0.15, -0.1) is 5.10 Å². The lowest BCUT2D eigenvalue weighted by Gasteiger charge is -2.10. The Morgan fingerprint density at radius 2 is 2.00 bits per heavy atom. The lowest BCUT2D eigenvalue weighted by atomic mass is 10.1. The molecule has 6 heteroatoms. The summed E-state index contributed by atoms with van der Waals surface area (Å²) in [5, 5.41) is 21.6. The van der Waals surface area contributed by atoms with Gasteiger partial charge in [-0.05, 0) is 35.3 Å². The third kappa shape index (κ3) is 4.57. The van der Waals surface area contributed by atoms with Crippen LogP contribution in [0.15, 0.2) is 29.4 Å². The molecule has 110 valence electrons. The second-order valence-corrected chi connectivity index (χ2v) is 6.63. The molecule has 0 aliphatic rings. The quantitative estimate of drug-likeness (QED) is 0.767. The summed E-state index contributed by atoms with van der Waals surface area (Å²) in [6, 6.07) is 10.6. The van der Waals surface area contributed by atoms with Gasteiger partial charge in [0.1, 0.15) is 5.25 Å². The van der Waals surface area contributed by atoms with E-state index in [-0.39, 0.29) is 5.25 Å². The maximum atomic E-state index is 9.36. The van der Waals surface area contributed by atoms with E-state index in [2.05, 4.69) is 66.6 Å². The molecule has 1 aromatic carbocycles. The third-order valence-electron chi connectivity index (χ3n) is 2.97. The summed E-state index contributed by atoms with van der Waals surface area (Å²) in [7, 11) is 0. The predicted octanol–water partition coefficient (Wildman–Crippen LogP) is 2.86. The van der Waals surface area contributed by atoms with E-state index in [0.29, 0.717) is 17.5 Å². The van der Waals surface area contributed by atoms with Crippen LogP contribution >= 0.6 is 11.8 Å². The number of aryl methyl sites for hydroxylation is 1. The Hall–Kier alpha value is -1.87. The summed E-state index contributed by atoms with van der Waals surface area (Å²) in [4.78, 5) is 0. The normalized spacial score (nSPS) is 12.3. The van der Waals surface area contributed by atoms with Crippen LogP contribution in [0, 0.1) is 24.2 Å². The van der Waals surface area contributed by atoms with Gasteiger partial charge in [0.25, 0.3) is 0 Å². The number of hydrogen-bond donors (Lipinski definition) is 0. The Labute approximate surface area is 129 Å². The highest BCUT2D eigenvalue weighted by Gasteiger charge is 2.16. The van der Waals surface area contributed by atoms with Crippen molar-refractivity contribution in [1.82, 2.24) is 20.2 Å². The van der Waals surface area contributed by atoms with Crippen molar-refractivity contribution in [2.45, 2.75) is 44.1 Å². The Morgan fingerprint density at radius 1 is 1.29 bits per heavy atom. The summed E-state index contributed by atoms with van der Waals surface area (Å²) < 4.78 is 1.77. The molecule has 0 saturated heterocycles. The van der Waals surface area contributed by atoms with E-state index < -0.39 is 0 Å². The van der Waals surface area contributed by atoms with Crippen LogP contribution in [-0.2, 0) is 13.0 Å². The highest BCUT2D eigenvalue weighted by Crippen LogP contribution is 2.23. The average molecular weight is 301 g/mol. The molecule has 0 aliphatic heterocycles. The Kier molecular flexibility index (Phi) is 5.34. The van der Waals surface area contributed by atoms with Crippen molar-refractivity contribution < 1.29 is 0 Å². The minimum Gasteiger partial charge on any atom is -0.220 e. The van der Waals surface area contributed by atoms with Crippen LogP contribution in [0.5, 0.6) is 0 Å². The van der Waals surface area contributed by atoms with Gasteiger partial charge in [-0.25, -0.2) is 4.68 Å². The van der Waals surface area contributed by atoms with E-state index in [1.54, 1.807) is 4.68 Å². The standard InChI is InChI=1S/C15H19N5S/c1-11(2)10-20-15(17-18-19-20)21-14(9-16)8-13-6-4-12(3)5-7-13/h4-7,11,14H,8,10H2,1-3H3/t14-/m0/s1. The van der Waals surface area contributed by atoms with Gasteiger partial charge in [-0.2, -0.15) is 5.26 Å². The number of nitriles is 1. The summed E-state index contributed by atoms with van der Waals surface area (Å²) in [6.07, 6.45) is 0.690. The van der Waals surface area contributed by atoms with Crippen LogP contribution in [0.3, 0.4) is 0 Å². The molecule has 2 aromatic rings. The maximum Gasteiger partial charge on any atom is 0.210 e. The Morgan fingerprint density at radius 3 is 2.62 bits per heavy atom. The number of tetrazole rings is 1. The van der Waals surface area contributed by atoms with Crippen molar-refractivity contribution in [3.63, 3.8) is 0 Å². The van der Waals surface area contributed by atoms with Crippen molar-refractivity contribution in [1.29, 1.82) is 5.26 Å². The largest absolute Gasteiger partial charge is 0.220 e. The Bertz CT molecular complexity index is 612. The summed E-state index contributed by atoms with van der Waals surface area (Å²) >= 11 is 1.43. The zero-order valence-electron chi connectivity index (χ0n) is 12.5. The molecule has 0 aliphatic carbocycles. The SMILES string of the molecule is Cc1ccc(C[C@@H](C#N)Sc2nnnn2CC(C)C)cc1. The van der Waals surface area contributed by atoms with Gasteiger partial charge in [0.05, 0.1) is 6.07 Å². The van der Waals surface area contributed by atoms with Crippen molar-refractivity contribution in [2.24, 2.45) is 5.92 Å². The molecular formula is C15H19N5S. The molecule has 2 rings (SSSR count). The molecule has 0 bridgehead atoms. The smallest absolute Gasteiger partial charge is 0.210 e. The van der Waals surface area contributed by atoms with Crippen LogP contribution in [0.2, 0.25) is 0 Å². The fourth-order valence-corrected chi connectivity index (χ4v) is 2.82. The molecular weight excluding hydrogens is 282 g/mol. The van der Waals surface area contributed by atoms with Crippen LogP contribution < -0.4 is 0 Å². The van der Waals surface area contributed by atoms with Gasteiger partial charge in [-0.1, -0.05) is 55.4 Å². The van der Waals surface area contributed by atoms with Crippen molar-refractivity contribution in [2.75, 3.05) is 0 Å². The first-order chi connectivity index (χ1) is 10.1. The number of thioether (sulfide) groups is 1. The van der Waals surface area contributed by atoms with Gasteiger partial charge in [0.2, 0.25) is 5.16 Å². The summed E-state index contributed by atoms with van der Waals surface area (Å²) in [5.41, 5.74) is 2.38. The molecule has 0 saturated carbocycles. The van der Waals surface area contributed by atoms with E-state index in [4.69, 9.17) is 0 Å². The first-order valence-electron chi connectivity index (χ1n) is 6.96. The van der Waals surface area contributed by atoms with E-state index in [0.717, 1.165) is 12.1 Å². The molecule has 0 N–H and O–H groups in total. The number of aromatic nitrogens is 4. The fourth-order valence-electron chi connectivity index (χ4n) is 1.92. The molecule has 21 heavy (non-hydrogen) atoms. The molecule has 1 heterocycles. The van der Waals surface area contributed by atoms with Crippen molar-refractivity contribution >= 4 is 11.8 Å². The first-order valence-corrected chi connectivity index (χ1v) is 7.84. The van der Waals surface area contributed by atoms with E-state index in [1.165, 1.54) is 17.3 Å². The molecule has 0 spiro atoms. The fraction of sp³-hybridized carbons (Fsp3) is 0.467. The lowest BCUT2D eigenvalue weighted by molar-refractivity contribution is 0.445. The molecule has 0 amide bonds. The predicted molar refractivity (Wildman–Crippen MR) is 82.8 cm³/mol. The number of nitrogens with zero attached hydrogens (tertiary/aromatic N) is 5. The number of rotatable bonds is 6. The van der Waals surface area contributed by atoms with Gasteiger partial charge < -0.3 is 0 Å². The van der Waals surface area contributed by atoms with E-state index >= 15 is 0 Å². The zero-order chi connectivity index (χ0) is 15.2. The van der Waals surface area contributed by atoms with E-state index in [9.17, 15) is 5.26 Å². The topological polar surface area (TPSA) is 67.4 Å². The monoisotopic (exact) mass is 301 g/mol. The highest BCUT2D eigenvalue weighted by molar-refractivity contribution is 8.00. The van der Waals surface area contributed by atoms with Gasteiger partial charge in [0, 0.05) is 6.54 Å². The lowest BCUT2D eigenvalue weighted by Crippen LogP contribution is -2.11. The van der Waals surface area contributed by atoms with Crippen LogP contribution in [0.4, 0.5) is 0 Å². The average Bonchev–Trinajstić information content (AvgIpc) is 2.87. The first kappa shape index (κ1) is 15.5. The third-order valence-corrected chi connectivity index (χ3v) is 4.03. The van der Waals surface area contributed by atoms with Crippen molar-refractivity contribution in [3.05, 3.63) is 35.4 Å². The Balaban J connectivity index is 2.04. The summed E-state index contributed by atoms with van der Waals surface area (Å²) in [6.45, 7) is 7.05. The molecule has 1 aromatic heterocycles. The number of benzene rings is 1. The maximum absolute atomic E-state index is 9.36. The van der Waals surface area contributed by atoms with Crippen LogP contribution in [0.1, 0.15) is 25.0 Å². The molecule has 5 nitrogen and oxygen atoms in total. The van der Waals surface area contributed by atoms with Gasteiger partial charge >= 0.3 is 0 Å². The number of hydrogen-bond acceptors (Lipinski definition) is 5. The van der Waals surface area contributed by atoms with Gasteiger partial charge in [-0.3, -0.25) is 0 Å². The van der Waals surface area contributed by atoms with E-state index in [1.807, 2.05) is 0 Å². The molecule has 0 fully saturated rings. The van der Waals surface area contributed by atoms with Crippen LogP contribution in [0.25, 0.3) is 0 Å². The molecule has 0 unspecified atom stereocenters. The minimum atomic E-state index is -0.190.